The molecule has 1 aliphatic rings. The molecule has 1 fully saturated rings. The molecular weight excluding hydrogens is 392 g/mol. The summed E-state index contributed by atoms with van der Waals surface area (Å²) in [5.41, 5.74) is 8.32. The van der Waals surface area contributed by atoms with E-state index in [0.29, 0.717) is 28.2 Å². The molecular formula is C25H28N2O4. The summed E-state index contributed by atoms with van der Waals surface area (Å²) in [5.74, 6) is -0.0689. The maximum atomic E-state index is 13.3. The number of aryl methyl sites for hydroxylation is 1. The third-order valence-corrected chi connectivity index (χ3v) is 6.78. The molecule has 0 saturated heterocycles. The van der Waals surface area contributed by atoms with Crippen molar-refractivity contribution in [2.75, 3.05) is 13.7 Å². The molecule has 1 atom stereocenters. The zero-order valence-electron chi connectivity index (χ0n) is 18.1. The van der Waals surface area contributed by atoms with Gasteiger partial charge in [0.1, 0.15) is 16.9 Å². The lowest BCUT2D eigenvalue weighted by molar-refractivity contribution is -0.129. The number of primary amides is 1. The average molecular weight is 421 g/mol. The third kappa shape index (κ3) is 3.51. The fourth-order valence-electron chi connectivity index (χ4n) is 4.10. The van der Waals surface area contributed by atoms with Gasteiger partial charge in [0.05, 0.1) is 12.2 Å². The number of furan rings is 1. The maximum absolute atomic E-state index is 13.3. The molecule has 0 bridgehead atoms. The Labute approximate surface area is 181 Å². The molecule has 2 aromatic carbocycles. The number of rotatable bonds is 6. The summed E-state index contributed by atoms with van der Waals surface area (Å²) in [4.78, 5) is 26.4. The summed E-state index contributed by atoms with van der Waals surface area (Å²) in [5, 5.41) is 10.4. The van der Waals surface area contributed by atoms with Crippen molar-refractivity contribution in [2.24, 2.45) is 5.73 Å². The third-order valence-electron chi connectivity index (χ3n) is 6.78. The van der Waals surface area contributed by atoms with E-state index in [1.54, 1.807) is 6.92 Å². The van der Waals surface area contributed by atoms with Gasteiger partial charge in [-0.15, -0.1) is 0 Å². The number of carbonyl (C=O) groups excluding carboxylic acids is 2. The normalized spacial score (nSPS) is 16.0. The van der Waals surface area contributed by atoms with Gasteiger partial charge in [-0.1, -0.05) is 36.8 Å². The first-order chi connectivity index (χ1) is 14.8. The van der Waals surface area contributed by atoms with Gasteiger partial charge in [0, 0.05) is 12.4 Å². The van der Waals surface area contributed by atoms with Crippen molar-refractivity contribution >= 4 is 22.8 Å². The van der Waals surface area contributed by atoms with Gasteiger partial charge < -0.3 is 20.2 Å². The van der Waals surface area contributed by atoms with Gasteiger partial charge in [-0.3, -0.25) is 9.59 Å². The zero-order valence-corrected chi connectivity index (χ0v) is 18.1. The lowest BCUT2D eigenvalue weighted by atomic mass is 9.80. The van der Waals surface area contributed by atoms with Crippen LogP contribution in [0.2, 0.25) is 0 Å². The molecule has 0 spiro atoms. The first-order valence-electron chi connectivity index (χ1n) is 10.6. The van der Waals surface area contributed by atoms with Gasteiger partial charge in [0.25, 0.3) is 5.91 Å². The number of aliphatic hydroxyl groups is 1. The number of hydrogen-bond donors (Lipinski definition) is 2. The molecule has 6 heteroatoms. The molecule has 2 amide bonds. The number of nitrogens with two attached hydrogens (primary N) is 1. The highest BCUT2D eigenvalue weighted by Crippen LogP contribution is 2.37. The molecule has 31 heavy (non-hydrogen) atoms. The van der Waals surface area contributed by atoms with Gasteiger partial charge >= 0.3 is 0 Å². The number of benzene rings is 2. The van der Waals surface area contributed by atoms with Crippen LogP contribution in [0.25, 0.3) is 22.1 Å². The lowest BCUT2D eigenvalue weighted by Crippen LogP contribution is -2.58. The number of likely N-dealkylation sites (N-methyl/N-ethyl adjacent to an activating group) is 1. The smallest absolute Gasteiger partial charge is 0.258 e. The predicted octanol–water partition coefficient (Wildman–Crippen LogP) is 3.98. The van der Waals surface area contributed by atoms with E-state index in [0.717, 1.165) is 11.1 Å². The molecule has 162 valence electrons. The molecule has 1 saturated carbocycles. The molecule has 0 aliphatic heterocycles. The minimum absolute atomic E-state index is 0.367. The van der Waals surface area contributed by atoms with Crippen LogP contribution in [0.5, 0.6) is 0 Å². The Bertz CT molecular complexity index is 1140. The number of hydrogen-bond acceptors (Lipinski definition) is 4. The summed E-state index contributed by atoms with van der Waals surface area (Å²) in [6.07, 6.45) is 3.83. The lowest BCUT2D eigenvalue weighted by Gasteiger charge is -2.34. The highest BCUT2D eigenvalue weighted by atomic mass is 16.3. The largest absolute Gasteiger partial charge is 0.461 e. The highest BCUT2D eigenvalue weighted by molar-refractivity contribution is 6.09. The van der Waals surface area contributed by atoms with E-state index in [9.17, 15) is 14.7 Å². The Morgan fingerprint density at radius 2 is 1.81 bits per heavy atom. The Kier molecular flexibility index (Phi) is 5.35. The fraction of sp³-hybridized carbons (Fsp3) is 0.360. The summed E-state index contributed by atoms with van der Waals surface area (Å²) in [6, 6.07) is 14.4. The van der Waals surface area contributed by atoms with E-state index in [2.05, 4.69) is 24.3 Å². The van der Waals surface area contributed by atoms with Crippen molar-refractivity contribution in [3.63, 3.8) is 0 Å². The summed E-state index contributed by atoms with van der Waals surface area (Å²) >= 11 is 0. The van der Waals surface area contributed by atoms with Crippen LogP contribution in [-0.2, 0) is 4.79 Å². The van der Waals surface area contributed by atoms with Crippen molar-refractivity contribution in [1.82, 2.24) is 4.90 Å². The molecule has 0 radical (unpaired) electrons. The molecule has 6 nitrogen and oxygen atoms in total. The van der Waals surface area contributed by atoms with Gasteiger partial charge in [-0.25, -0.2) is 0 Å². The van der Waals surface area contributed by atoms with Crippen LogP contribution in [0.1, 0.15) is 53.8 Å². The Hall–Kier alpha value is -3.12. The predicted molar refractivity (Wildman–Crippen MR) is 120 cm³/mol. The van der Waals surface area contributed by atoms with Crippen LogP contribution in [0.15, 0.2) is 46.9 Å². The van der Waals surface area contributed by atoms with Crippen LogP contribution in [0.3, 0.4) is 0 Å². The molecule has 4 rings (SSSR count). The topological polar surface area (TPSA) is 96.8 Å². The van der Waals surface area contributed by atoms with E-state index in [4.69, 9.17) is 10.2 Å². The maximum Gasteiger partial charge on any atom is 0.258 e. The van der Waals surface area contributed by atoms with Crippen LogP contribution < -0.4 is 5.73 Å². The number of carbonyl (C=O) groups is 2. The fourth-order valence-corrected chi connectivity index (χ4v) is 4.10. The van der Waals surface area contributed by atoms with Crippen molar-refractivity contribution in [3.8, 4) is 11.1 Å². The van der Waals surface area contributed by atoms with E-state index in [1.807, 2.05) is 18.2 Å². The van der Waals surface area contributed by atoms with Gasteiger partial charge in [-0.2, -0.15) is 0 Å². The number of nitrogens with zero attached hydrogens (tertiary/aromatic N) is 1. The molecule has 3 aromatic rings. The number of amides is 2. The van der Waals surface area contributed by atoms with Crippen LogP contribution >= 0.6 is 0 Å². The second-order valence-corrected chi connectivity index (χ2v) is 8.65. The van der Waals surface area contributed by atoms with Crippen LogP contribution in [-0.4, -0.2) is 41.0 Å². The minimum Gasteiger partial charge on any atom is -0.461 e. The molecule has 1 aromatic heterocycles. The molecule has 1 unspecified atom stereocenters. The van der Waals surface area contributed by atoms with Gasteiger partial charge in [0.2, 0.25) is 5.91 Å². The zero-order chi connectivity index (χ0) is 22.3. The number of fused-ring (bicyclic) bond motifs is 1. The molecule has 1 heterocycles. The van der Waals surface area contributed by atoms with E-state index in [-0.39, 0.29) is 0 Å². The van der Waals surface area contributed by atoms with E-state index in [1.165, 1.54) is 43.7 Å². The summed E-state index contributed by atoms with van der Waals surface area (Å²) in [6.45, 7) is 2.59. The second-order valence-electron chi connectivity index (χ2n) is 8.65. The first-order valence-corrected chi connectivity index (χ1v) is 10.6. The Balaban J connectivity index is 1.72. The van der Waals surface area contributed by atoms with Gasteiger partial charge in [0.15, 0.2) is 0 Å². The van der Waals surface area contributed by atoms with Crippen molar-refractivity contribution in [1.29, 1.82) is 0 Å². The summed E-state index contributed by atoms with van der Waals surface area (Å²) < 4.78 is 5.81. The summed E-state index contributed by atoms with van der Waals surface area (Å²) in [7, 11) is 1.46. The van der Waals surface area contributed by atoms with E-state index < -0.39 is 24.0 Å². The standard InChI is InChI=1S/C25H28N2O4/c1-15-22(23(29)27(3)25(2,14-28)24(26)30)20-13-19(11-12-21(20)31-15)18-9-7-17(8-10-18)16-5-4-6-16/h7-13,16,28H,4-6,14H2,1-3H3,(H2,26,30). The first kappa shape index (κ1) is 21.1. The number of aliphatic hydroxyl groups excluding tert-OH is 1. The van der Waals surface area contributed by atoms with Crippen molar-refractivity contribution in [3.05, 3.63) is 59.4 Å². The van der Waals surface area contributed by atoms with Gasteiger partial charge in [-0.05, 0) is 61.4 Å². The average Bonchev–Trinajstić information content (AvgIpc) is 3.06. The Morgan fingerprint density at radius 1 is 1.16 bits per heavy atom. The molecule has 3 N–H and O–H groups in total. The molecule has 1 aliphatic carbocycles. The second kappa shape index (κ2) is 7.85. The van der Waals surface area contributed by atoms with Crippen LogP contribution in [0.4, 0.5) is 0 Å². The quantitative estimate of drug-likeness (QED) is 0.630. The minimum atomic E-state index is -1.51. The monoisotopic (exact) mass is 420 g/mol. The van der Waals surface area contributed by atoms with Crippen molar-refractivity contribution < 1.29 is 19.1 Å². The Morgan fingerprint density at radius 3 is 2.35 bits per heavy atom. The highest BCUT2D eigenvalue weighted by Gasteiger charge is 2.39. The SMILES string of the molecule is Cc1oc2ccc(-c3ccc(C4CCC4)cc3)cc2c1C(=O)N(C)C(C)(CO)C(N)=O. The van der Waals surface area contributed by atoms with Crippen molar-refractivity contribution in [2.45, 2.75) is 44.6 Å². The van der Waals surface area contributed by atoms with E-state index >= 15 is 0 Å². The van der Waals surface area contributed by atoms with Crippen LogP contribution in [0, 0.1) is 6.92 Å².